The molecule has 1 saturated carbocycles. The van der Waals surface area contributed by atoms with Crippen LogP contribution in [0.2, 0.25) is 0 Å². The number of aromatic nitrogens is 2. The first kappa shape index (κ1) is 13.0. The third-order valence-electron chi connectivity index (χ3n) is 2.79. The van der Waals surface area contributed by atoms with Crippen molar-refractivity contribution in [1.82, 2.24) is 14.3 Å². The van der Waals surface area contributed by atoms with E-state index in [0.29, 0.717) is 24.1 Å². The Morgan fingerprint density at radius 2 is 2.29 bits per heavy atom. The number of aryl methyl sites for hydroxylation is 1. The first-order chi connectivity index (χ1) is 8.09. The van der Waals surface area contributed by atoms with Crippen molar-refractivity contribution in [2.75, 3.05) is 11.9 Å². The number of halogens is 1. The lowest BCUT2D eigenvalue weighted by Crippen LogP contribution is -2.34. The van der Waals surface area contributed by atoms with Gasteiger partial charge in [-0.3, -0.25) is 0 Å². The quantitative estimate of drug-likeness (QED) is 0.808. The van der Waals surface area contributed by atoms with Crippen LogP contribution in [0.1, 0.15) is 25.6 Å². The predicted octanol–water partition coefficient (Wildman–Crippen LogP) is 1.52. The average Bonchev–Trinajstić information content (AvgIpc) is 3.01. The predicted molar refractivity (Wildman–Crippen MR) is 68.7 cm³/mol. The zero-order chi connectivity index (χ0) is 12.5. The van der Waals surface area contributed by atoms with Gasteiger partial charge in [-0.05, 0) is 12.8 Å². The first-order valence-electron chi connectivity index (χ1n) is 5.71. The maximum Gasteiger partial charge on any atom is 0.260 e. The van der Waals surface area contributed by atoms with Gasteiger partial charge in [0.1, 0.15) is 5.82 Å². The average molecular weight is 322 g/mol. The Morgan fingerprint density at radius 3 is 2.76 bits per heavy atom. The lowest BCUT2D eigenvalue weighted by atomic mass is 10.5. The van der Waals surface area contributed by atoms with Crippen LogP contribution in [0.15, 0.2) is 11.2 Å². The van der Waals surface area contributed by atoms with Gasteiger partial charge in [0, 0.05) is 24.3 Å². The molecule has 1 fully saturated rings. The van der Waals surface area contributed by atoms with Crippen LogP contribution in [0.25, 0.3) is 0 Å². The standard InChI is InChI=1S/C10H16BrN3O2S/c1-2-9-12-7-10(13-9)17(15,16)14(6-5-11)8-3-4-8/h7-8H,2-6H2,1H3,(H,12,13). The van der Waals surface area contributed by atoms with Crippen LogP contribution in [-0.4, -0.2) is 40.6 Å². The summed E-state index contributed by atoms with van der Waals surface area (Å²) < 4.78 is 26.3. The summed E-state index contributed by atoms with van der Waals surface area (Å²) in [6.45, 7) is 2.44. The van der Waals surface area contributed by atoms with E-state index in [1.807, 2.05) is 6.92 Å². The number of alkyl halides is 1. The first-order valence-corrected chi connectivity index (χ1v) is 8.27. The van der Waals surface area contributed by atoms with Gasteiger partial charge in [0.25, 0.3) is 10.0 Å². The van der Waals surface area contributed by atoms with E-state index in [-0.39, 0.29) is 11.1 Å². The number of H-pyrrole nitrogens is 1. The third-order valence-corrected chi connectivity index (χ3v) is 5.00. The van der Waals surface area contributed by atoms with Gasteiger partial charge in [0.2, 0.25) is 0 Å². The van der Waals surface area contributed by atoms with Crippen LogP contribution >= 0.6 is 15.9 Å². The Hall–Kier alpha value is -0.400. The van der Waals surface area contributed by atoms with Crippen molar-refractivity contribution in [3.05, 3.63) is 12.0 Å². The molecule has 0 aromatic carbocycles. The van der Waals surface area contributed by atoms with E-state index in [1.165, 1.54) is 6.20 Å². The monoisotopic (exact) mass is 321 g/mol. The highest BCUT2D eigenvalue weighted by Crippen LogP contribution is 2.31. The van der Waals surface area contributed by atoms with Crippen molar-refractivity contribution in [2.45, 2.75) is 37.3 Å². The van der Waals surface area contributed by atoms with Gasteiger partial charge in [0.15, 0.2) is 5.03 Å². The molecule has 1 aliphatic rings. The summed E-state index contributed by atoms with van der Waals surface area (Å²) in [5, 5.41) is 0.861. The molecule has 5 nitrogen and oxygen atoms in total. The molecule has 0 aliphatic heterocycles. The summed E-state index contributed by atoms with van der Waals surface area (Å²) in [5.41, 5.74) is 0. The number of imidazole rings is 1. The Balaban J connectivity index is 2.26. The summed E-state index contributed by atoms with van der Waals surface area (Å²) in [4.78, 5) is 6.92. The topological polar surface area (TPSA) is 66.1 Å². The van der Waals surface area contributed by atoms with E-state index in [2.05, 4.69) is 25.9 Å². The minimum Gasteiger partial charge on any atom is -0.332 e. The molecule has 0 unspecified atom stereocenters. The highest BCUT2D eigenvalue weighted by atomic mass is 79.9. The van der Waals surface area contributed by atoms with Gasteiger partial charge in [-0.1, -0.05) is 22.9 Å². The van der Waals surface area contributed by atoms with Crippen LogP contribution in [0.5, 0.6) is 0 Å². The summed E-state index contributed by atoms with van der Waals surface area (Å²) in [6.07, 6.45) is 4.04. The third kappa shape index (κ3) is 2.71. The van der Waals surface area contributed by atoms with Crippen molar-refractivity contribution < 1.29 is 8.42 Å². The number of hydrogen-bond acceptors (Lipinski definition) is 3. The van der Waals surface area contributed by atoms with Crippen molar-refractivity contribution in [3.8, 4) is 0 Å². The molecule has 2 rings (SSSR count). The van der Waals surface area contributed by atoms with Crippen LogP contribution in [-0.2, 0) is 16.4 Å². The largest absolute Gasteiger partial charge is 0.332 e. The lowest BCUT2D eigenvalue weighted by Gasteiger charge is -2.19. The molecule has 96 valence electrons. The molecule has 0 amide bonds. The van der Waals surface area contributed by atoms with Crippen molar-refractivity contribution in [2.24, 2.45) is 0 Å². The minimum absolute atomic E-state index is 0.172. The molecule has 1 aromatic rings. The fourth-order valence-electron chi connectivity index (χ4n) is 1.73. The van der Waals surface area contributed by atoms with Crippen molar-refractivity contribution in [3.63, 3.8) is 0 Å². The smallest absolute Gasteiger partial charge is 0.260 e. The van der Waals surface area contributed by atoms with Gasteiger partial charge in [-0.25, -0.2) is 13.4 Å². The van der Waals surface area contributed by atoms with E-state index in [4.69, 9.17) is 0 Å². The van der Waals surface area contributed by atoms with Gasteiger partial charge >= 0.3 is 0 Å². The number of nitrogens with one attached hydrogen (secondary N) is 1. The van der Waals surface area contributed by atoms with Gasteiger partial charge in [-0.15, -0.1) is 0 Å². The van der Waals surface area contributed by atoms with Gasteiger partial charge in [-0.2, -0.15) is 4.31 Å². The molecule has 1 heterocycles. The van der Waals surface area contributed by atoms with Crippen LogP contribution in [0.4, 0.5) is 0 Å². The molecular weight excluding hydrogens is 306 g/mol. The second-order valence-electron chi connectivity index (χ2n) is 4.08. The maximum atomic E-state index is 12.4. The Bertz CT molecular complexity index is 481. The molecular formula is C10H16BrN3O2S. The number of rotatable bonds is 6. The van der Waals surface area contributed by atoms with Crippen molar-refractivity contribution >= 4 is 26.0 Å². The van der Waals surface area contributed by atoms with Gasteiger partial charge in [0.05, 0.1) is 6.20 Å². The Labute approximate surface area is 110 Å². The summed E-state index contributed by atoms with van der Waals surface area (Å²) in [7, 11) is -3.40. The fourth-order valence-corrected chi connectivity index (χ4v) is 3.96. The molecule has 1 aliphatic carbocycles. The van der Waals surface area contributed by atoms with Crippen molar-refractivity contribution in [1.29, 1.82) is 0 Å². The highest BCUT2D eigenvalue weighted by molar-refractivity contribution is 9.09. The van der Waals surface area contributed by atoms with E-state index in [9.17, 15) is 8.42 Å². The van der Waals surface area contributed by atoms with Gasteiger partial charge < -0.3 is 4.98 Å². The second-order valence-corrected chi connectivity index (χ2v) is 6.74. The molecule has 7 heteroatoms. The van der Waals surface area contributed by atoms with E-state index < -0.39 is 10.0 Å². The molecule has 1 aromatic heterocycles. The molecule has 0 radical (unpaired) electrons. The lowest BCUT2D eigenvalue weighted by molar-refractivity contribution is 0.422. The summed E-state index contributed by atoms with van der Waals surface area (Å²) in [5.74, 6) is 0.707. The highest BCUT2D eigenvalue weighted by Gasteiger charge is 2.38. The molecule has 1 N–H and O–H groups in total. The molecule has 17 heavy (non-hydrogen) atoms. The zero-order valence-corrected chi connectivity index (χ0v) is 12.1. The molecule has 0 atom stereocenters. The Kier molecular flexibility index (Phi) is 3.89. The number of nitrogens with zero attached hydrogens (tertiary/aromatic N) is 2. The van der Waals surface area contributed by atoms with Crippen LogP contribution in [0.3, 0.4) is 0 Å². The second kappa shape index (κ2) is 5.07. The normalized spacial score (nSPS) is 16.6. The summed E-state index contributed by atoms with van der Waals surface area (Å²) >= 11 is 3.30. The van der Waals surface area contributed by atoms with E-state index >= 15 is 0 Å². The number of aromatic amines is 1. The van der Waals surface area contributed by atoms with Crippen LogP contribution < -0.4 is 0 Å². The minimum atomic E-state index is -3.40. The molecule has 0 saturated heterocycles. The maximum absolute atomic E-state index is 12.4. The molecule has 0 bridgehead atoms. The van der Waals surface area contributed by atoms with E-state index in [1.54, 1.807) is 4.31 Å². The Morgan fingerprint density at radius 1 is 1.59 bits per heavy atom. The molecule has 0 spiro atoms. The number of sulfonamides is 1. The zero-order valence-electron chi connectivity index (χ0n) is 9.69. The summed E-state index contributed by atoms with van der Waals surface area (Å²) in [6, 6.07) is 0.172. The van der Waals surface area contributed by atoms with Crippen LogP contribution in [0, 0.1) is 0 Å². The fraction of sp³-hybridized carbons (Fsp3) is 0.700. The number of hydrogen-bond donors (Lipinski definition) is 1. The van der Waals surface area contributed by atoms with E-state index in [0.717, 1.165) is 12.8 Å². The SMILES string of the molecule is CCc1ncc(S(=O)(=O)N(CCBr)C2CC2)[nH]1.